The van der Waals surface area contributed by atoms with Crippen molar-refractivity contribution in [1.29, 1.82) is 0 Å². The Balaban J connectivity index is 1.83. The monoisotopic (exact) mass is 399 g/mol. The molecule has 2 aromatic carbocycles. The first kappa shape index (κ1) is 18.4. The molecule has 0 atom stereocenters. The zero-order valence-corrected chi connectivity index (χ0v) is 15.6. The Labute approximate surface area is 161 Å². The second-order valence-electron chi connectivity index (χ2n) is 5.53. The lowest BCUT2D eigenvalue weighted by Crippen LogP contribution is -2.40. The molecule has 0 saturated carbocycles. The van der Waals surface area contributed by atoms with Gasteiger partial charge in [-0.3, -0.25) is 0 Å². The Morgan fingerprint density at radius 1 is 1.20 bits per heavy atom. The molecule has 1 fully saturated rings. The maximum Gasteiger partial charge on any atom is 0.131 e. The molecular formula is C18H16Cl2FNO2S. The standard InChI is InChI=1S/C18H16Cl2FNO2S/c19-12-4-5-17(24-11-14-15(20)2-1-3-16(14)21)13(10-12)18(25)22-6-8-23-9-7-22/h1-5,10H,6-9,11H2. The number of nitrogens with zero attached hydrogens (tertiary/aromatic N) is 1. The van der Waals surface area contributed by atoms with E-state index in [1.165, 1.54) is 6.07 Å². The Bertz CT molecular complexity index is 761. The SMILES string of the molecule is Fc1cccc(Cl)c1COc1ccc(Cl)cc1C(=S)N1CCOCC1. The molecule has 1 saturated heterocycles. The predicted octanol–water partition coefficient (Wildman–Crippen LogP) is 4.72. The molecular weight excluding hydrogens is 384 g/mol. The van der Waals surface area contributed by atoms with E-state index in [1.807, 2.05) is 4.90 Å². The Morgan fingerprint density at radius 2 is 1.96 bits per heavy atom. The lowest BCUT2D eigenvalue weighted by Gasteiger charge is -2.30. The topological polar surface area (TPSA) is 21.7 Å². The molecule has 3 rings (SSSR count). The van der Waals surface area contributed by atoms with E-state index in [1.54, 1.807) is 30.3 Å². The molecule has 0 amide bonds. The third-order valence-corrected chi connectivity index (χ3v) is 4.97. The van der Waals surface area contributed by atoms with Gasteiger partial charge in [0, 0.05) is 23.7 Å². The van der Waals surface area contributed by atoms with Crippen molar-refractivity contribution >= 4 is 40.4 Å². The minimum Gasteiger partial charge on any atom is -0.488 e. The highest BCUT2D eigenvalue weighted by molar-refractivity contribution is 7.80. The number of hydrogen-bond acceptors (Lipinski definition) is 3. The highest BCUT2D eigenvalue weighted by atomic mass is 35.5. The quantitative estimate of drug-likeness (QED) is 0.693. The van der Waals surface area contributed by atoms with Crippen LogP contribution in [-0.2, 0) is 11.3 Å². The zero-order chi connectivity index (χ0) is 17.8. The smallest absolute Gasteiger partial charge is 0.131 e. The van der Waals surface area contributed by atoms with Crippen LogP contribution in [0.5, 0.6) is 5.75 Å². The minimum absolute atomic E-state index is 0.00582. The first-order valence-corrected chi connectivity index (χ1v) is 8.95. The second-order valence-corrected chi connectivity index (χ2v) is 6.76. The van der Waals surface area contributed by atoms with Gasteiger partial charge in [0.25, 0.3) is 0 Å². The van der Waals surface area contributed by atoms with Gasteiger partial charge < -0.3 is 14.4 Å². The molecule has 25 heavy (non-hydrogen) atoms. The molecule has 1 heterocycles. The van der Waals surface area contributed by atoms with E-state index in [0.717, 1.165) is 0 Å². The summed E-state index contributed by atoms with van der Waals surface area (Å²) in [6.07, 6.45) is 0. The molecule has 0 N–H and O–H groups in total. The summed E-state index contributed by atoms with van der Waals surface area (Å²) < 4.78 is 25.1. The third kappa shape index (κ3) is 4.42. The fourth-order valence-electron chi connectivity index (χ4n) is 2.55. The van der Waals surface area contributed by atoms with Gasteiger partial charge >= 0.3 is 0 Å². The normalized spacial score (nSPS) is 14.4. The van der Waals surface area contributed by atoms with Crippen molar-refractivity contribution in [3.63, 3.8) is 0 Å². The molecule has 0 spiro atoms. The number of morpholine rings is 1. The number of rotatable bonds is 4. The molecule has 0 bridgehead atoms. The molecule has 1 aliphatic heterocycles. The zero-order valence-electron chi connectivity index (χ0n) is 13.3. The summed E-state index contributed by atoms with van der Waals surface area (Å²) in [7, 11) is 0. The van der Waals surface area contributed by atoms with Gasteiger partial charge in [-0.1, -0.05) is 41.5 Å². The first-order valence-electron chi connectivity index (χ1n) is 7.78. The van der Waals surface area contributed by atoms with Gasteiger partial charge in [-0.25, -0.2) is 4.39 Å². The van der Waals surface area contributed by atoms with Gasteiger partial charge in [-0.05, 0) is 30.3 Å². The summed E-state index contributed by atoms with van der Waals surface area (Å²) in [6, 6.07) is 9.75. The number of halogens is 3. The summed E-state index contributed by atoms with van der Waals surface area (Å²) >= 11 is 17.8. The average Bonchev–Trinajstić information content (AvgIpc) is 2.62. The van der Waals surface area contributed by atoms with E-state index in [4.69, 9.17) is 44.9 Å². The van der Waals surface area contributed by atoms with Crippen molar-refractivity contribution in [2.75, 3.05) is 26.3 Å². The highest BCUT2D eigenvalue weighted by Crippen LogP contribution is 2.28. The van der Waals surface area contributed by atoms with Gasteiger partial charge in [0.2, 0.25) is 0 Å². The maximum absolute atomic E-state index is 13.9. The first-order chi connectivity index (χ1) is 12.1. The average molecular weight is 400 g/mol. The van der Waals surface area contributed by atoms with E-state index >= 15 is 0 Å². The molecule has 0 radical (unpaired) electrons. The molecule has 0 aliphatic carbocycles. The molecule has 0 unspecified atom stereocenters. The molecule has 132 valence electrons. The van der Waals surface area contributed by atoms with Crippen LogP contribution < -0.4 is 4.74 Å². The van der Waals surface area contributed by atoms with Gasteiger partial charge in [0.1, 0.15) is 23.2 Å². The van der Waals surface area contributed by atoms with E-state index in [0.29, 0.717) is 58.2 Å². The van der Waals surface area contributed by atoms with Crippen LogP contribution in [-0.4, -0.2) is 36.2 Å². The van der Waals surface area contributed by atoms with E-state index in [-0.39, 0.29) is 6.61 Å². The van der Waals surface area contributed by atoms with Crippen molar-refractivity contribution in [2.24, 2.45) is 0 Å². The number of thiocarbonyl (C=S) groups is 1. The van der Waals surface area contributed by atoms with Crippen LogP contribution in [0.25, 0.3) is 0 Å². The van der Waals surface area contributed by atoms with E-state index in [9.17, 15) is 4.39 Å². The van der Waals surface area contributed by atoms with Crippen molar-refractivity contribution < 1.29 is 13.9 Å². The van der Waals surface area contributed by atoms with Gasteiger partial charge in [-0.15, -0.1) is 0 Å². The number of ether oxygens (including phenoxy) is 2. The van der Waals surface area contributed by atoms with E-state index in [2.05, 4.69) is 0 Å². The summed E-state index contributed by atoms with van der Waals surface area (Å²) in [6.45, 7) is 2.68. The molecule has 0 aromatic heterocycles. The van der Waals surface area contributed by atoms with Crippen LogP contribution in [0.2, 0.25) is 10.0 Å². The second kappa shape index (κ2) is 8.32. The number of hydrogen-bond donors (Lipinski definition) is 0. The van der Waals surface area contributed by atoms with Crippen molar-refractivity contribution in [3.05, 3.63) is 63.4 Å². The lowest BCUT2D eigenvalue weighted by molar-refractivity contribution is 0.0692. The van der Waals surface area contributed by atoms with E-state index < -0.39 is 5.82 Å². The minimum atomic E-state index is -0.404. The summed E-state index contributed by atoms with van der Waals surface area (Å²) in [5.74, 6) is 0.138. The van der Waals surface area contributed by atoms with Crippen molar-refractivity contribution in [3.8, 4) is 5.75 Å². The van der Waals surface area contributed by atoms with Crippen LogP contribution in [0.3, 0.4) is 0 Å². The third-order valence-electron chi connectivity index (χ3n) is 3.90. The van der Waals surface area contributed by atoms with Gasteiger partial charge in [0.15, 0.2) is 0 Å². The lowest BCUT2D eigenvalue weighted by atomic mass is 10.1. The van der Waals surface area contributed by atoms with Crippen LogP contribution in [0.1, 0.15) is 11.1 Å². The molecule has 7 heteroatoms. The van der Waals surface area contributed by atoms with Crippen LogP contribution >= 0.6 is 35.4 Å². The van der Waals surface area contributed by atoms with Gasteiger partial charge in [-0.2, -0.15) is 0 Å². The molecule has 2 aromatic rings. The summed E-state index contributed by atoms with van der Waals surface area (Å²) in [5, 5.41) is 0.883. The highest BCUT2D eigenvalue weighted by Gasteiger charge is 2.19. The maximum atomic E-state index is 13.9. The van der Waals surface area contributed by atoms with Gasteiger partial charge in [0.05, 0.1) is 23.8 Å². The summed E-state index contributed by atoms with van der Waals surface area (Å²) in [4.78, 5) is 2.69. The molecule has 3 nitrogen and oxygen atoms in total. The molecule has 1 aliphatic rings. The van der Waals surface area contributed by atoms with Crippen LogP contribution in [0.4, 0.5) is 4.39 Å². The largest absolute Gasteiger partial charge is 0.488 e. The number of benzene rings is 2. The fourth-order valence-corrected chi connectivity index (χ4v) is 3.28. The fraction of sp³-hybridized carbons (Fsp3) is 0.278. The predicted molar refractivity (Wildman–Crippen MR) is 101 cm³/mol. The summed E-state index contributed by atoms with van der Waals surface area (Å²) in [5.41, 5.74) is 1.01. The Kier molecular flexibility index (Phi) is 6.12. The van der Waals surface area contributed by atoms with Crippen LogP contribution in [0, 0.1) is 5.82 Å². The Morgan fingerprint density at radius 3 is 2.68 bits per heavy atom. The Hall–Kier alpha value is -1.40. The van der Waals surface area contributed by atoms with Crippen molar-refractivity contribution in [1.82, 2.24) is 4.90 Å². The van der Waals surface area contributed by atoms with Crippen LogP contribution in [0.15, 0.2) is 36.4 Å². The van der Waals surface area contributed by atoms with Crippen molar-refractivity contribution in [2.45, 2.75) is 6.61 Å².